The van der Waals surface area contributed by atoms with Crippen LogP contribution in [0.1, 0.15) is 33.5 Å². The molecule has 1 amide bonds. The number of β-amino-alcohol motifs (C(OH)–C–C–N with tert-alkyl or cyclic N) is 1. The number of hydrogen-bond donors (Lipinski definition) is 2. The maximum Gasteiger partial charge on any atom is 0.254 e. The van der Waals surface area contributed by atoms with Crippen molar-refractivity contribution in [2.45, 2.75) is 38.0 Å². The van der Waals surface area contributed by atoms with Gasteiger partial charge < -0.3 is 20.1 Å². The first-order valence-electron chi connectivity index (χ1n) is 11.4. The quantitative estimate of drug-likeness (QED) is 0.749. The Bertz CT molecular complexity index is 941. The van der Waals surface area contributed by atoms with E-state index >= 15 is 0 Å². The van der Waals surface area contributed by atoms with Crippen molar-refractivity contribution in [3.05, 3.63) is 64.7 Å². The third-order valence-electron chi connectivity index (χ3n) is 6.69. The van der Waals surface area contributed by atoms with E-state index in [1.54, 1.807) is 0 Å². The van der Waals surface area contributed by atoms with Crippen molar-refractivity contribution in [2.75, 3.05) is 44.7 Å². The molecule has 0 saturated carbocycles. The van der Waals surface area contributed by atoms with Crippen LogP contribution >= 0.6 is 0 Å². The van der Waals surface area contributed by atoms with Crippen LogP contribution in [0.25, 0.3) is 0 Å². The fourth-order valence-corrected chi connectivity index (χ4v) is 4.99. The Labute approximate surface area is 183 Å². The molecular weight excluding hydrogens is 390 g/mol. The summed E-state index contributed by atoms with van der Waals surface area (Å²) >= 11 is 0. The normalized spacial score (nSPS) is 22.2. The van der Waals surface area contributed by atoms with Gasteiger partial charge in [0.1, 0.15) is 0 Å². The highest BCUT2D eigenvalue weighted by Gasteiger charge is 2.28. The number of fused-ring (bicyclic) bond motifs is 2. The van der Waals surface area contributed by atoms with Crippen LogP contribution in [0.2, 0.25) is 0 Å². The number of carbonyl (C=O) groups excluding carboxylic acids is 1. The molecule has 1 fully saturated rings. The summed E-state index contributed by atoms with van der Waals surface area (Å²) in [6.45, 7) is 4.95. The first-order chi connectivity index (χ1) is 15.2. The largest absolute Gasteiger partial charge is 0.390 e. The van der Waals surface area contributed by atoms with Crippen molar-refractivity contribution in [3.8, 4) is 0 Å². The van der Waals surface area contributed by atoms with Gasteiger partial charge in [-0.3, -0.25) is 9.69 Å². The number of aliphatic hydroxyl groups excluding tert-OH is 1. The van der Waals surface area contributed by atoms with Crippen LogP contribution in [-0.4, -0.2) is 72.4 Å². The fraction of sp³-hybridized carbons (Fsp3) is 0.480. The number of anilines is 1. The molecule has 6 heteroatoms. The van der Waals surface area contributed by atoms with E-state index in [0.717, 1.165) is 55.8 Å². The molecule has 0 radical (unpaired) electrons. The average molecular weight is 422 g/mol. The highest BCUT2D eigenvalue weighted by atomic mass is 16.5. The maximum absolute atomic E-state index is 13.1. The number of rotatable bonds is 6. The van der Waals surface area contributed by atoms with Gasteiger partial charge in [0.15, 0.2) is 0 Å². The molecule has 2 aromatic carbocycles. The molecule has 2 N–H and O–H groups in total. The molecule has 2 aromatic rings. The third-order valence-corrected chi connectivity index (χ3v) is 6.69. The number of ether oxygens (including phenoxy) is 1. The number of carbonyl (C=O) groups is 1. The smallest absolute Gasteiger partial charge is 0.254 e. The van der Waals surface area contributed by atoms with Crippen molar-refractivity contribution in [3.63, 3.8) is 0 Å². The summed E-state index contributed by atoms with van der Waals surface area (Å²) in [5.41, 5.74) is 5.57. The van der Waals surface area contributed by atoms with Crippen molar-refractivity contribution < 1.29 is 14.6 Å². The number of benzene rings is 2. The van der Waals surface area contributed by atoms with Crippen molar-refractivity contribution in [2.24, 2.45) is 0 Å². The van der Waals surface area contributed by atoms with Gasteiger partial charge in [0, 0.05) is 50.6 Å². The fourth-order valence-electron chi connectivity index (χ4n) is 4.99. The summed E-state index contributed by atoms with van der Waals surface area (Å²) in [5, 5.41) is 14.2. The lowest BCUT2D eigenvalue weighted by molar-refractivity contribution is 0.0493. The summed E-state index contributed by atoms with van der Waals surface area (Å²) < 4.78 is 5.44. The van der Waals surface area contributed by atoms with E-state index in [0.29, 0.717) is 32.3 Å². The predicted octanol–water partition coefficient (Wildman–Crippen LogP) is 2.30. The molecule has 0 aromatic heterocycles. The highest BCUT2D eigenvalue weighted by Crippen LogP contribution is 2.25. The third kappa shape index (κ3) is 4.61. The van der Waals surface area contributed by atoms with Gasteiger partial charge in [-0.15, -0.1) is 0 Å². The zero-order valence-electron chi connectivity index (χ0n) is 17.9. The van der Waals surface area contributed by atoms with Crippen LogP contribution in [0, 0.1) is 0 Å². The zero-order chi connectivity index (χ0) is 21.2. The second-order valence-corrected chi connectivity index (χ2v) is 8.99. The maximum atomic E-state index is 13.1. The molecule has 0 aliphatic carbocycles. The van der Waals surface area contributed by atoms with E-state index in [4.69, 9.17) is 4.74 Å². The van der Waals surface area contributed by atoms with Gasteiger partial charge in [-0.25, -0.2) is 0 Å². The Morgan fingerprint density at radius 3 is 2.74 bits per heavy atom. The Balaban J connectivity index is 1.19. The van der Waals surface area contributed by atoms with Gasteiger partial charge in [0.05, 0.1) is 18.8 Å². The standard InChI is InChI=1S/C25H31N3O3/c29-23(15-27-10-7-18-3-1-2-4-20(18)14-27)16-28-11-8-19-5-6-21(13-24(19)25(28)30)26-22-9-12-31-17-22/h1-6,13,22-23,26,29H,7-12,14-17H2/t22-,23-/m0/s1. The number of nitrogens with one attached hydrogen (secondary N) is 1. The molecule has 0 unspecified atom stereocenters. The topological polar surface area (TPSA) is 65.0 Å². The molecule has 164 valence electrons. The molecule has 3 heterocycles. The summed E-state index contributed by atoms with van der Waals surface area (Å²) in [5.74, 6) is 0.0237. The Hall–Kier alpha value is -2.41. The molecule has 3 aliphatic rings. The lowest BCUT2D eigenvalue weighted by Gasteiger charge is -2.34. The molecule has 0 spiro atoms. The number of aliphatic hydroxyl groups is 1. The number of hydrogen-bond acceptors (Lipinski definition) is 5. The minimum absolute atomic E-state index is 0.0237. The van der Waals surface area contributed by atoms with E-state index in [1.165, 1.54) is 11.1 Å². The molecule has 5 rings (SSSR count). The molecular formula is C25H31N3O3. The number of nitrogens with zero attached hydrogens (tertiary/aromatic N) is 2. The Morgan fingerprint density at radius 1 is 1.06 bits per heavy atom. The van der Waals surface area contributed by atoms with E-state index in [-0.39, 0.29) is 5.91 Å². The molecule has 3 aliphatic heterocycles. The summed E-state index contributed by atoms with van der Waals surface area (Å²) in [6.07, 6.45) is 2.29. The van der Waals surface area contributed by atoms with E-state index < -0.39 is 6.10 Å². The van der Waals surface area contributed by atoms with Crippen molar-refractivity contribution in [1.29, 1.82) is 0 Å². The molecule has 1 saturated heterocycles. The van der Waals surface area contributed by atoms with Crippen LogP contribution in [0.15, 0.2) is 42.5 Å². The second-order valence-electron chi connectivity index (χ2n) is 8.99. The summed E-state index contributed by atoms with van der Waals surface area (Å²) in [6, 6.07) is 14.9. The van der Waals surface area contributed by atoms with Crippen LogP contribution in [-0.2, 0) is 24.1 Å². The van der Waals surface area contributed by atoms with Crippen molar-refractivity contribution >= 4 is 11.6 Å². The minimum Gasteiger partial charge on any atom is -0.390 e. The SMILES string of the molecule is O=C1c2cc(N[C@H]3CCOC3)ccc2CCN1C[C@@H](O)CN1CCc2ccccc2C1. The van der Waals surface area contributed by atoms with Crippen LogP contribution < -0.4 is 5.32 Å². The van der Waals surface area contributed by atoms with E-state index in [1.807, 2.05) is 11.0 Å². The van der Waals surface area contributed by atoms with Gasteiger partial charge in [-0.1, -0.05) is 30.3 Å². The first kappa shape index (κ1) is 20.5. The highest BCUT2D eigenvalue weighted by molar-refractivity contribution is 5.97. The van der Waals surface area contributed by atoms with Crippen LogP contribution in [0.3, 0.4) is 0 Å². The molecule has 2 atom stereocenters. The van der Waals surface area contributed by atoms with Crippen molar-refractivity contribution in [1.82, 2.24) is 9.80 Å². The van der Waals surface area contributed by atoms with Gasteiger partial charge >= 0.3 is 0 Å². The lowest BCUT2D eigenvalue weighted by atomic mass is 9.97. The molecule has 6 nitrogen and oxygen atoms in total. The lowest BCUT2D eigenvalue weighted by Crippen LogP contribution is -2.46. The summed E-state index contributed by atoms with van der Waals surface area (Å²) in [7, 11) is 0. The first-order valence-corrected chi connectivity index (χ1v) is 11.4. The minimum atomic E-state index is -0.548. The van der Waals surface area contributed by atoms with Gasteiger partial charge in [0.2, 0.25) is 0 Å². The predicted molar refractivity (Wildman–Crippen MR) is 120 cm³/mol. The van der Waals surface area contributed by atoms with E-state index in [2.05, 4.69) is 46.6 Å². The molecule has 0 bridgehead atoms. The number of amides is 1. The summed E-state index contributed by atoms with van der Waals surface area (Å²) in [4.78, 5) is 17.3. The van der Waals surface area contributed by atoms with Crippen LogP contribution in [0.4, 0.5) is 5.69 Å². The van der Waals surface area contributed by atoms with Gasteiger partial charge in [-0.2, -0.15) is 0 Å². The van der Waals surface area contributed by atoms with E-state index in [9.17, 15) is 9.90 Å². The van der Waals surface area contributed by atoms with Gasteiger partial charge in [0.25, 0.3) is 5.91 Å². The Kier molecular flexibility index (Phi) is 5.94. The van der Waals surface area contributed by atoms with Crippen LogP contribution in [0.5, 0.6) is 0 Å². The Morgan fingerprint density at radius 2 is 1.90 bits per heavy atom. The monoisotopic (exact) mass is 421 g/mol. The second kappa shape index (κ2) is 8.99. The zero-order valence-corrected chi connectivity index (χ0v) is 17.9. The average Bonchev–Trinajstić information content (AvgIpc) is 3.29. The molecule has 31 heavy (non-hydrogen) atoms. The van der Waals surface area contributed by atoms with Gasteiger partial charge in [-0.05, 0) is 48.1 Å².